The SMILES string of the molecule is CC(C)(C)C(=O)Nc1ccc(C(=O)Nc2ccc(C3CCN(C(=O)c4cc5ncccc5[nH]4)CC3)cc2)cc1. The van der Waals surface area contributed by atoms with E-state index >= 15 is 0 Å². The van der Waals surface area contributed by atoms with E-state index in [-0.39, 0.29) is 17.7 Å². The first kappa shape index (κ1) is 26.2. The quantitative estimate of drug-likeness (QED) is 0.306. The Bertz CT molecular complexity index is 1460. The molecule has 0 unspecified atom stereocenters. The number of pyridine rings is 1. The van der Waals surface area contributed by atoms with E-state index in [1.807, 2.05) is 68.1 Å². The molecule has 1 fully saturated rings. The van der Waals surface area contributed by atoms with Gasteiger partial charge < -0.3 is 20.5 Å². The van der Waals surface area contributed by atoms with Crippen molar-refractivity contribution < 1.29 is 14.4 Å². The molecule has 39 heavy (non-hydrogen) atoms. The summed E-state index contributed by atoms with van der Waals surface area (Å²) in [6.45, 7) is 6.94. The van der Waals surface area contributed by atoms with Gasteiger partial charge in [0.1, 0.15) is 5.69 Å². The second-order valence-electron chi connectivity index (χ2n) is 11.0. The van der Waals surface area contributed by atoms with Crippen LogP contribution in [-0.2, 0) is 4.79 Å². The van der Waals surface area contributed by atoms with Crippen LogP contribution in [0, 0.1) is 5.41 Å². The zero-order chi connectivity index (χ0) is 27.6. The number of hydrogen-bond donors (Lipinski definition) is 3. The summed E-state index contributed by atoms with van der Waals surface area (Å²) >= 11 is 0. The Hall–Kier alpha value is -4.46. The van der Waals surface area contributed by atoms with Crippen LogP contribution in [0.4, 0.5) is 11.4 Å². The van der Waals surface area contributed by atoms with Crippen LogP contribution in [0.2, 0.25) is 0 Å². The van der Waals surface area contributed by atoms with Crippen LogP contribution in [0.25, 0.3) is 11.0 Å². The molecule has 0 saturated carbocycles. The number of nitrogens with zero attached hydrogens (tertiary/aromatic N) is 2. The minimum absolute atomic E-state index is 0.00845. The van der Waals surface area contributed by atoms with Gasteiger partial charge in [0.15, 0.2) is 0 Å². The fraction of sp³-hybridized carbons (Fsp3) is 0.290. The number of aromatic nitrogens is 2. The van der Waals surface area contributed by atoms with Gasteiger partial charge in [0.25, 0.3) is 11.8 Å². The van der Waals surface area contributed by atoms with Gasteiger partial charge in [0, 0.05) is 41.6 Å². The molecule has 4 aromatic rings. The van der Waals surface area contributed by atoms with Crippen LogP contribution in [0.1, 0.15) is 65.9 Å². The number of anilines is 2. The molecule has 5 rings (SSSR count). The molecular weight excluding hydrogens is 490 g/mol. The summed E-state index contributed by atoms with van der Waals surface area (Å²) in [5.41, 5.74) is 4.83. The monoisotopic (exact) mass is 523 g/mol. The largest absolute Gasteiger partial charge is 0.349 e. The Labute approximate surface area is 227 Å². The van der Waals surface area contributed by atoms with E-state index in [0.717, 1.165) is 23.9 Å². The number of aromatic amines is 1. The molecular formula is C31H33N5O3. The summed E-state index contributed by atoms with van der Waals surface area (Å²) in [6.07, 6.45) is 3.49. The van der Waals surface area contributed by atoms with Crippen LogP contribution in [0.3, 0.4) is 0 Å². The lowest BCUT2D eigenvalue weighted by molar-refractivity contribution is -0.123. The number of rotatable bonds is 5. The number of hydrogen-bond acceptors (Lipinski definition) is 4. The molecule has 0 spiro atoms. The third kappa shape index (κ3) is 6.00. The summed E-state index contributed by atoms with van der Waals surface area (Å²) in [7, 11) is 0. The fourth-order valence-corrected chi connectivity index (χ4v) is 4.72. The van der Waals surface area contributed by atoms with Gasteiger partial charge in [0.05, 0.1) is 11.0 Å². The first-order valence-electron chi connectivity index (χ1n) is 13.2. The molecule has 0 atom stereocenters. The highest BCUT2D eigenvalue weighted by molar-refractivity contribution is 6.04. The van der Waals surface area contributed by atoms with Crippen molar-refractivity contribution in [1.29, 1.82) is 0 Å². The summed E-state index contributed by atoms with van der Waals surface area (Å²) < 4.78 is 0. The minimum atomic E-state index is -0.493. The summed E-state index contributed by atoms with van der Waals surface area (Å²) in [4.78, 5) is 47.3. The van der Waals surface area contributed by atoms with Gasteiger partial charge in [-0.25, -0.2) is 0 Å². The second-order valence-corrected chi connectivity index (χ2v) is 11.0. The van der Waals surface area contributed by atoms with Crippen LogP contribution in [0.15, 0.2) is 72.9 Å². The molecule has 3 amide bonds. The van der Waals surface area contributed by atoms with Crippen molar-refractivity contribution in [2.75, 3.05) is 23.7 Å². The molecule has 3 N–H and O–H groups in total. The maximum atomic E-state index is 13.0. The van der Waals surface area contributed by atoms with Gasteiger partial charge in [-0.1, -0.05) is 32.9 Å². The molecule has 0 aliphatic carbocycles. The average molecular weight is 524 g/mol. The number of nitrogens with one attached hydrogen (secondary N) is 3. The summed E-state index contributed by atoms with van der Waals surface area (Å²) in [6, 6.07) is 20.4. The Kier molecular flexibility index (Phi) is 7.19. The van der Waals surface area contributed by atoms with E-state index in [2.05, 4.69) is 20.6 Å². The van der Waals surface area contributed by atoms with Crippen LogP contribution in [-0.4, -0.2) is 45.7 Å². The highest BCUT2D eigenvalue weighted by Gasteiger charge is 2.26. The van der Waals surface area contributed by atoms with Crippen LogP contribution in [0.5, 0.6) is 0 Å². The number of benzene rings is 2. The molecule has 0 bridgehead atoms. The van der Waals surface area contributed by atoms with Crippen molar-refractivity contribution in [2.24, 2.45) is 5.41 Å². The Balaban J connectivity index is 1.13. The molecule has 2 aromatic heterocycles. The third-order valence-corrected chi connectivity index (χ3v) is 7.13. The van der Waals surface area contributed by atoms with Gasteiger partial charge in [-0.05, 0) is 78.9 Å². The fourth-order valence-electron chi connectivity index (χ4n) is 4.72. The molecule has 0 radical (unpaired) electrons. The maximum absolute atomic E-state index is 13.0. The topological polar surface area (TPSA) is 107 Å². The molecule has 8 heteroatoms. The van der Waals surface area contributed by atoms with Gasteiger partial charge in [-0.15, -0.1) is 0 Å². The lowest BCUT2D eigenvalue weighted by Gasteiger charge is -2.32. The number of fused-ring (bicyclic) bond motifs is 1. The third-order valence-electron chi connectivity index (χ3n) is 7.13. The molecule has 1 aliphatic heterocycles. The number of carbonyl (C=O) groups is 3. The van der Waals surface area contributed by atoms with E-state index in [1.54, 1.807) is 30.5 Å². The highest BCUT2D eigenvalue weighted by atomic mass is 16.2. The molecule has 3 heterocycles. The van der Waals surface area contributed by atoms with E-state index in [9.17, 15) is 14.4 Å². The van der Waals surface area contributed by atoms with E-state index < -0.39 is 5.41 Å². The number of amides is 3. The van der Waals surface area contributed by atoms with Gasteiger partial charge in [0.2, 0.25) is 5.91 Å². The van der Waals surface area contributed by atoms with Crippen molar-refractivity contribution in [3.05, 3.63) is 89.7 Å². The number of H-pyrrole nitrogens is 1. The lowest BCUT2D eigenvalue weighted by Crippen LogP contribution is -2.38. The Morgan fingerprint density at radius 2 is 1.54 bits per heavy atom. The van der Waals surface area contributed by atoms with Gasteiger partial charge >= 0.3 is 0 Å². The van der Waals surface area contributed by atoms with Crippen LogP contribution >= 0.6 is 0 Å². The Morgan fingerprint density at radius 3 is 2.18 bits per heavy atom. The lowest BCUT2D eigenvalue weighted by atomic mass is 9.89. The standard InChI is InChI=1S/C31H33N5O3/c1-31(2,3)30(39)34-24-12-8-22(9-13-24)28(37)33-23-10-6-20(7-11-23)21-14-17-36(18-15-21)29(38)27-19-26-25(35-27)5-4-16-32-26/h4-13,16,19,21,35H,14-15,17-18H2,1-3H3,(H,33,37)(H,34,39). The average Bonchev–Trinajstić information content (AvgIpc) is 3.37. The summed E-state index contributed by atoms with van der Waals surface area (Å²) in [5.74, 6) is 0.0763. The number of carbonyl (C=O) groups excluding carboxylic acids is 3. The van der Waals surface area contributed by atoms with Gasteiger partial charge in [-0.3, -0.25) is 19.4 Å². The van der Waals surface area contributed by atoms with Crippen LogP contribution < -0.4 is 10.6 Å². The molecule has 8 nitrogen and oxygen atoms in total. The minimum Gasteiger partial charge on any atom is -0.349 e. The van der Waals surface area contributed by atoms with Crippen molar-refractivity contribution in [2.45, 2.75) is 39.5 Å². The molecule has 2 aromatic carbocycles. The zero-order valence-electron chi connectivity index (χ0n) is 22.5. The summed E-state index contributed by atoms with van der Waals surface area (Å²) in [5, 5.41) is 5.80. The zero-order valence-corrected chi connectivity index (χ0v) is 22.5. The normalized spacial score (nSPS) is 14.3. The number of likely N-dealkylation sites (tertiary alicyclic amines) is 1. The van der Waals surface area contributed by atoms with E-state index in [1.165, 1.54) is 5.56 Å². The predicted octanol–water partition coefficient (Wildman–Crippen LogP) is 5.82. The first-order valence-corrected chi connectivity index (χ1v) is 13.2. The molecule has 200 valence electrons. The second kappa shape index (κ2) is 10.7. The van der Waals surface area contributed by atoms with Crippen molar-refractivity contribution in [3.8, 4) is 0 Å². The van der Waals surface area contributed by atoms with E-state index in [4.69, 9.17) is 0 Å². The molecule has 1 aliphatic rings. The smallest absolute Gasteiger partial charge is 0.270 e. The van der Waals surface area contributed by atoms with E-state index in [0.29, 0.717) is 41.6 Å². The highest BCUT2D eigenvalue weighted by Crippen LogP contribution is 2.30. The molecule has 1 saturated heterocycles. The van der Waals surface area contributed by atoms with Crippen molar-refractivity contribution in [1.82, 2.24) is 14.9 Å². The Morgan fingerprint density at radius 1 is 0.897 bits per heavy atom. The number of piperidine rings is 1. The van der Waals surface area contributed by atoms with Crippen molar-refractivity contribution >= 4 is 40.1 Å². The predicted molar refractivity (Wildman–Crippen MR) is 153 cm³/mol. The van der Waals surface area contributed by atoms with Gasteiger partial charge in [-0.2, -0.15) is 0 Å². The first-order chi connectivity index (χ1) is 18.7. The maximum Gasteiger partial charge on any atom is 0.270 e. The van der Waals surface area contributed by atoms with Crippen molar-refractivity contribution in [3.63, 3.8) is 0 Å².